The van der Waals surface area contributed by atoms with Gasteiger partial charge in [0, 0.05) is 0 Å². The molecule has 0 radical (unpaired) electrons. The predicted molar refractivity (Wildman–Crippen MR) is 84.6 cm³/mol. The van der Waals surface area contributed by atoms with Crippen LogP contribution in [0.2, 0.25) is 0 Å². The molecule has 0 aliphatic rings. The van der Waals surface area contributed by atoms with Crippen molar-refractivity contribution in [2.75, 3.05) is 0 Å². The molecule has 0 aliphatic carbocycles. The maximum absolute atomic E-state index is 12.3. The number of amides is 1. The molecule has 0 aliphatic heterocycles. The van der Waals surface area contributed by atoms with E-state index in [2.05, 4.69) is 5.32 Å². The molecule has 0 saturated heterocycles. The summed E-state index contributed by atoms with van der Waals surface area (Å²) in [6, 6.07) is -1.30. The Morgan fingerprint density at radius 1 is 1.00 bits per heavy atom. The Hall–Kier alpha value is -1.10. The van der Waals surface area contributed by atoms with Crippen LogP contribution < -0.4 is 11.1 Å². The van der Waals surface area contributed by atoms with Gasteiger partial charge in [0.05, 0.1) is 6.04 Å². The third kappa shape index (κ3) is 6.46. The topological polar surface area (TPSA) is 81.4 Å². The van der Waals surface area contributed by atoms with Crippen LogP contribution in [0.4, 0.5) is 0 Å². The Morgan fingerprint density at radius 2 is 1.48 bits per heavy atom. The fraction of sp³-hybridized carbons (Fsp3) is 0.875. The normalized spacial score (nSPS) is 16.5. The van der Waals surface area contributed by atoms with Crippen molar-refractivity contribution >= 4 is 11.9 Å². The third-order valence-electron chi connectivity index (χ3n) is 3.75. The maximum atomic E-state index is 12.3. The Bertz CT molecular complexity index is 359. The summed E-state index contributed by atoms with van der Waals surface area (Å²) in [6.45, 7) is 15.3. The van der Waals surface area contributed by atoms with Gasteiger partial charge in [0.25, 0.3) is 0 Å². The first-order valence-electron chi connectivity index (χ1n) is 7.64. The van der Waals surface area contributed by atoms with Crippen LogP contribution in [0.25, 0.3) is 0 Å². The molecule has 21 heavy (non-hydrogen) atoms. The van der Waals surface area contributed by atoms with Crippen molar-refractivity contribution in [3.8, 4) is 0 Å². The van der Waals surface area contributed by atoms with Crippen LogP contribution in [0.1, 0.15) is 55.4 Å². The zero-order chi connectivity index (χ0) is 17.0. The summed E-state index contributed by atoms with van der Waals surface area (Å²) < 4.78 is 5.48. The van der Waals surface area contributed by atoms with Gasteiger partial charge in [-0.05, 0) is 24.2 Å². The SMILES string of the molecule is CC(C)C(N)C(=O)NC(C(=O)O[C@@H](C)C(C)(C)C)C(C)C. The van der Waals surface area contributed by atoms with Crippen molar-refractivity contribution in [1.29, 1.82) is 0 Å². The molecule has 0 bridgehead atoms. The molecule has 5 nitrogen and oxygen atoms in total. The summed E-state index contributed by atoms with van der Waals surface area (Å²) in [5, 5.41) is 2.72. The predicted octanol–water partition coefficient (Wildman–Crippen LogP) is 2.09. The van der Waals surface area contributed by atoms with Gasteiger partial charge in [-0.15, -0.1) is 0 Å². The van der Waals surface area contributed by atoms with Gasteiger partial charge in [0.15, 0.2) is 0 Å². The van der Waals surface area contributed by atoms with Crippen LogP contribution in [0, 0.1) is 17.3 Å². The summed E-state index contributed by atoms with van der Waals surface area (Å²) in [7, 11) is 0. The average molecular weight is 300 g/mol. The summed E-state index contributed by atoms with van der Waals surface area (Å²) >= 11 is 0. The Morgan fingerprint density at radius 3 is 1.81 bits per heavy atom. The molecule has 0 heterocycles. The lowest BCUT2D eigenvalue weighted by molar-refractivity contribution is -0.158. The van der Waals surface area contributed by atoms with E-state index in [1.165, 1.54) is 0 Å². The lowest BCUT2D eigenvalue weighted by Crippen LogP contribution is -2.53. The zero-order valence-corrected chi connectivity index (χ0v) is 14.7. The fourth-order valence-electron chi connectivity index (χ4n) is 1.47. The lowest BCUT2D eigenvalue weighted by Gasteiger charge is -2.30. The highest BCUT2D eigenvalue weighted by atomic mass is 16.5. The largest absolute Gasteiger partial charge is 0.461 e. The van der Waals surface area contributed by atoms with Gasteiger partial charge >= 0.3 is 5.97 Å². The molecule has 5 heteroatoms. The van der Waals surface area contributed by atoms with Gasteiger partial charge in [-0.25, -0.2) is 4.79 Å². The Kier molecular flexibility index (Phi) is 7.37. The Balaban J connectivity index is 4.84. The second kappa shape index (κ2) is 7.78. The summed E-state index contributed by atoms with van der Waals surface area (Å²) in [4.78, 5) is 24.3. The van der Waals surface area contributed by atoms with Crippen LogP contribution >= 0.6 is 0 Å². The second-order valence-corrected chi connectivity index (χ2v) is 7.45. The van der Waals surface area contributed by atoms with Gasteiger partial charge in [-0.2, -0.15) is 0 Å². The van der Waals surface area contributed by atoms with Gasteiger partial charge in [-0.1, -0.05) is 48.5 Å². The smallest absolute Gasteiger partial charge is 0.329 e. The third-order valence-corrected chi connectivity index (χ3v) is 3.75. The monoisotopic (exact) mass is 300 g/mol. The molecular formula is C16H32N2O3. The van der Waals surface area contributed by atoms with Crippen LogP contribution in [0.15, 0.2) is 0 Å². The average Bonchev–Trinajstić information content (AvgIpc) is 2.32. The summed E-state index contributed by atoms with van der Waals surface area (Å²) in [5.41, 5.74) is 5.67. The maximum Gasteiger partial charge on any atom is 0.329 e. The molecule has 3 N–H and O–H groups in total. The molecule has 0 aromatic rings. The van der Waals surface area contributed by atoms with Crippen molar-refractivity contribution in [3.63, 3.8) is 0 Å². The molecule has 0 aromatic heterocycles. The number of ether oxygens (including phenoxy) is 1. The van der Waals surface area contributed by atoms with Crippen LogP contribution in [-0.2, 0) is 14.3 Å². The molecule has 0 spiro atoms. The molecule has 1 amide bonds. The quantitative estimate of drug-likeness (QED) is 0.736. The first-order valence-corrected chi connectivity index (χ1v) is 7.64. The standard InChI is InChI=1S/C16H32N2O3/c1-9(2)12(17)14(19)18-13(10(3)4)15(20)21-11(5)16(6,7)8/h9-13H,17H2,1-8H3,(H,18,19)/t11-,12?,13?/m0/s1. The number of hydrogen-bond donors (Lipinski definition) is 2. The zero-order valence-electron chi connectivity index (χ0n) is 14.7. The molecule has 124 valence electrons. The van der Waals surface area contributed by atoms with Crippen LogP contribution in [-0.4, -0.2) is 30.1 Å². The number of carbonyl (C=O) groups is 2. The fourth-order valence-corrected chi connectivity index (χ4v) is 1.47. The number of nitrogens with two attached hydrogens (primary N) is 1. The number of rotatable bonds is 6. The molecule has 0 rings (SSSR count). The number of carbonyl (C=O) groups excluding carboxylic acids is 2. The highest BCUT2D eigenvalue weighted by Crippen LogP contribution is 2.22. The van der Waals surface area contributed by atoms with Crippen LogP contribution in [0.3, 0.4) is 0 Å². The van der Waals surface area contributed by atoms with E-state index in [0.29, 0.717) is 0 Å². The number of hydrogen-bond acceptors (Lipinski definition) is 4. The van der Waals surface area contributed by atoms with Crippen molar-refractivity contribution in [3.05, 3.63) is 0 Å². The number of nitrogens with one attached hydrogen (secondary N) is 1. The Labute approximate surface area is 129 Å². The van der Waals surface area contributed by atoms with E-state index in [4.69, 9.17) is 10.5 Å². The second-order valence-electron chi connectivity index (χ2n) is 7.45. The van der Waals surface area contributed by atoms with E-state index in [-0.39, 0.29) is 29.3 Å². The highest BCUT2D eigenvalue weighted by Gasteiger charge is 2.32. The van der Waals surface area contributed by atoms with E-state index in [1.807, 2.05) is 55.4 Å². The summed E-state index contributed by atoms with van der Waals surface area (Å²) in [5.74, 6) is -0.767. The van der Waals surface area contributed by atoms with Crippen molar-refractivity contribution in [2.45, 2.75) is 73.6 Å². The van der Waals surface area contributed by atoms with E-state index in [1.54, 1.807) is 0 Å². The van der Waals surface area contributed by atoms with Crippen molar-refractivity contribution in [2.24, 2.45) is 23.0 Å². The minimum atomic E-state index is -0.674. The van der Waals surface area contributed by atoms with E-state index < -0.39 is 18.1 Å². The highest BCUT2D eigenvalue weighted by molar-refractivity contribution is 5.87. The molecule has 3 atom stereocenters. The van der Waals surface area contributed by atoms with E-state index in [0.717, 1.165) is 0 Å². The number of esters is 1. The van der Waals surface area contributed by atoms with E-state index >= 15 is 0 Å². The molecule has 2 unspecified atom stereocenters. The molecule has 0 aromatic carbocycles. The molecule has 0 saturated carbocycles. The van der Waals surface area contributed by atoms with Gasteiger partial charge in [-0.3, -0.25) is 4.79 Å². The van der Waals surface area contributed by atoms with Crippen molar-refractivity contribution < 1.29 is 14.3 Å². The first-order chi connectivity index (χ1) is 9.37. The molecule has 0 fully saturated rings. The van der Waals surface area contributed by atoms with E-state index in [9.17, 15) is 9.59 Å². The van der Waals surface area contributed by atoms with Gasteiger partial charge in [0.2, 0.25) is 5.91 Å². The van der Waals surface area contributed by atoms with Crippen molar-refractivity contribution in [1.82, 2.24) is 5.32 Å². The summed E-state index contributed by atoms with van der Waals surface area (Å²) in [6.07, 6.45) is -0.234. The van der Waals surface area contributed by atoms with Gasteiger partial charge < -0.3 is 15.8 Å². The lowest BCUT2D eigenvalue weighted by atomic mass is 9.90. The molecular weight excluding hydrogens is 268 g/mol. The minimum absolute atomic E-state index is 0.0160. The first kappa shape index (κ1) is 19.9. The minimum Gasteiger partial charge on any atom is -0.461 e. The van der Waals surface area contributed by atoms with Crippen LogP contribution in [0.5, 0.6) is 0 Å². The van der Waals surface area contributed by atoms with Gasteiger partial charge in [0.1, 0.15) is 12.1 Å².